The summed E-state index contributed by atoms with van der Waals surface area (Å²) in [5.41, 5.74) is 1.83. The Morgan fingerprint density at radius 2 is 1.68 bits per heavy atom. The molecule has 0 fully saturated rings. The molecule has 7 heteroatoms. The maximum absolute atomic E-state index is 12.4. The van der Waals surface area contributed by atoms with E-state index >= 15 is 0 Å². The van der Waals surface area contributed by atoms with Crippen molar-refractivity contribution in [2.24, 2.45) is 0 Å². The fourth-order valence-corrected chi connectivity index (χ4v) is 3.42. The van der Waals surface area contributed by atoms with Crippen LogP contribution in [0, 0.1) is 6.92 Å². The van der Waals surface area contributed by atoms with Crippen LogP contribution in [-0.2, 0) is 10.0 Å². The van der Waals surface area contributed by atoms with Crippen LogP contribution in [0.3, 0.4) is 0 Å². The third kappa shape index (κ3) is 3.95. The summed E-state index contributed by atoms with van der Waals surface area (Å²) >= 11 is 0. The molecule has 0 atom stereocenters. The second-order valence-corrected chi connectivity index (χ2v) is 7.28. The Bertz CT molecular complexity index is 958. The maximum atomic E-state index is 12.4. The number of anilines is 3. The largest absolute Gasteiger partial charge is 0.328 e. The van der Waals surface area contributed by atoms with Gasteiger partial charge in [0.05, 0.1) is 4.90 Å². The Morgan fingerprint density at radius 3 is 2.32 bits per heavy atom. The van der Waals surface area contributed by atoms with E-state index in [0.29, 0.717) is 5.82 Å². The third-order valence-corrected chi connectivity index (χ3v) is 5.03. The summed E-state index contributed by atoms with van der Waals surface area (Å²) < 4.78 is 27.3. The van der Waals surface area contributed by atoms with Gasteiger partial charge in [-0.05, 0) is 48.9 Å². The van der Waals surface area contributed by atoms with Crippen molar-refractivity contribution in [3.63, 3.8) is 0 Å². The fourth-order valence-electron chi connectivity index (χ4n) is 2.32. The number of sulfonamides is 1. The first-order chi connectivity index (χ1) is 12.0. The Balaban J connectivity index is 1.79. The number of hydrogen-bond donors (Lipinski definition) is 1. The molecule has 0 aliphatic rings. The Hall–Kier alpha value is -2.93. The van der Waals surface area contributed by atoms with Crippen molar-refractivity contribution in [2.45, 2.75) is 11.8 Å². The third-order valence-electron chi connectivity index (χ3n) is 3.68. The minimum Gasteiger partial charge on any atom is -0.328 e. The molecule has 3 rings (SSSR count). The van der Waals surface area contributed by atoms with Crippen molar-refractivity contribution < 1.29 is 8.42 Å². The molecule has 2 aromatic carbocycles. The second kappa shape index (κ2) is 6.90. The van der Waals surface area contributed by atoms with Crippen LogP contribution >= 0.6 is 0 Å². The lowest BCUT2D eigenvalue weighted by atomic mass is 10.2. The van der Waals surface area contributed by atoms with Crippen molar-refractivity contribution in [3.05, 3.63) is 72.3 Å². The lowest BCUT2D eigenvalue weighted by Crippen LogP contribution is -2.16. The van der Waals surface area contributed by atoms with Crippen LogP contribution in [-0.4, -0.2) is 25.7 Å². The molecule has 0 aliphatic heterocycles. The monoisotopic (exact) mass is 354 g/mol. The second-order valence-electron chi connectivity index (χ2n) is 5.59. The van der Waals surface area contributed by atoms with Gasteiger partial charge in [0.2, 0.25) is 0 Å². The van der Waals surface area contributed by atoms with Gasteiger partial charge in [-0.15, -0.1) is 10.2 Å². The summed E-state index contributed by atoms with van der Waals surface area (Å²) in [6.45, 7) is 1.84. The Morgan fingerprint density at radius 1 is 0.920 bits per heavy atom. The molecule has 1 aromatic heterocycles. The van der Waals surface area contributed by atoms with Crippen molar-refractivity contribution in [3.8, 4) is 0 Å². The van der Waals surface area contributed by atoms with Gasteiger partial charge >= 0.3 is 0 Å². The number of benzene rings is 2. The number of para-hydroxylation sites is 1. The average Bonchev–Trinajstić information content (AvgIpc) is 2.62. The van der Waals surface area contributed by atoms with Crippen molar-refractivity contribution in [1.29, 1.82) is 0 Å². The van der Waals surface area contributed by atoms with Crippen molar-refractivity contribution >= 4 is 27.3 Å². The normalized spacial score (nSPS) is 11.1. The average molecular weight is 354 g/mol. The molecule has 0 saturated carbocycles. The Kier molecular flexibility index (Phi) is 4.67. The zero-order valence-electron chi connectivity index (χ0n) is 13.9. The van der Waals surface area contributed by atoms with Crippen LogP contribution in [0.1, 0.15) is 5.56 Å². The predicted molar refractivity (Wildman–Crippen MR) is 98.5 cm³/mol. The molecular formula is C18H18N4O2S. The lowest BCUT2D eigenvalue weighted by Gasteiger charge is -2.17. The molecule has 0 saturated heterocycles. The molecule has 0 aliphatic carbocycles. The summed E-state index contributed by atoms with van der Waals surface area (Å²) in [7, 11) is -1.82. The van der Waals surface area contributed by atoms with Gasteiger partial charge in [-0.25, -0.2) is 8.42 Å². The zero-order chi connectivity index (χ0) is 17.9. The molecule has 0 radical (unpaired) electrons. The van der Waals surface area contributed by atoms with E-state index in [1.54, 1.807) is 30.3 Å². The Labute approximate surface area is 147 Å². The van der Waals surface area contributed by atoms with Gasteiger partial charge in [0.25, 0.3) is 10.0 Å². The molecule has 1 heterocycles. The highest BCUT2D eigenvalue weighted by Gasteiger charge is 2.15. The molecule has 0 unspecified atom stereocenters. The molecule has 1 N–H and O–H groups in total. The minimum absolute atomic E-state index is 0.173. The first-order valence-electron chi connectivity index (χ1n) is 7.68. The van der Waals surface area contributed by atoms with E-state index < -0.39 is 10.0 Å². The van der Waals surface area contributed by atoms with Gasteiger partial charge in [-0.2, -0.15) is 0 Å². The smallest absolute Gasteiger partial charge is 0.263 e. The summed E-state index contributed by atoms with van der Waals surface area (Å²) in [4.78, 5) is 2.06. The van der Waals surface area contributed by atoms with E-state index in [1.165, 1.54) is 0 Å². The fraction of sp³-hybridized carbons (Fsp3) is 0.111. The summed E-state index contributed by atoms with van der Waals surface area (Å²) in [6, 6.07) is 19.7. The van der Waals surface area contributed by atoms with E-state index in [-0.39, 0.29) is 10.7 Å². The molecular weight excluding hydrogens is 336 g/mol. The molecule has 3 aromatic rings. The first-order valence-corrected chi connectivity index (χ1v) is 9.16. The molecule has 128 valence electrons. The number of nitrogens with zero attached hydrogens (tertiary/aromatic N) is 3. The van der Waals surface area contributed by atoms with E-state index in [4.69, 9.17) is 0 Å². The number of hydrogen-bond acceptors (Lipinski definition) is 5. The number of aryl methyl sites for hydroxylation is 1. The van der Waals surface area contributed by atoms with Gasteiger partial charge in [-0.3, -0.25) is 4.72 Å². The molecule has 25 heavy (non-hydrogen) atoms. The molecule has 6 nitrogen and oxygen atoms in total. The zero-order valence-corrected chi connectivity index (χ0v) is 14.7. The van der Waals surface area contributed by atoms with Crippen LogP contribution in [0.4, 0.5) is 17.3 Å². The van der Waals surface area contributed by atoms with E-state index in [9.17, 15) is 8.42 Å². The highest BCUT2D eigenvalue weighted by Crippen LogP contribution is 2.22. The van der Waals surface area contributed by atoms with Crippen LogP contribution in [0.2, 0.25) is 0 Å². The highest BCUT2D eigenvalue weighted by atomic mass is 32.2. The standard InChI is InChI=1S/C18H18N4O2S/c1-14-7-6-10-16(13-14)25(23,24)21-17-11-12-18(20-19-17)22(2)15-8-4-3-5-9-15/h3-13H,1-2H3,(H,19,21). The van der Waals surface area contributed by atoms with Crippen LogP contribution in [0.15, 0.2) is 71.6 Å². The van der Waals surface area contributed by atoms with Gasteiger partial charge in [0.1, 0.15) is 0 Å². The van der Waals surface area contributed by atoms with Crippen LogP contribution in [0.25, 0.3) is 0 Å². The van der Waals surface area contributed by atoms with E-state index in [2.05, 4.69) is 14.9 Å². The van der Waals surface area contributed by atoms with Gasteiger partial charge in [-0.1, -0.05) is 30.3 Å². The van der Waals surface area contributed by atoms with Crippen LogP contribution in [0.5, 0.6) is 0 Å². The SMILES string of the molecule is Cc1cccc(S(=O)(=O)Nc2ccc(N(C)c3ccccc3)nn2)c1. The summed E-state index contributed by atoms with van der Waals surface area (Å²) in [5.74, 6) is 0.788. The van der Waals surface area contributed by atoms with E-state index in [1.807, 2.05) is 55.3 Å². The predicted octanol–water partition coefficient (Wildman–Crippen LogP) is 3.35. The summed E-state index contributed by atoms with van der Waals surface area (Å²) in [5, 5.41) is 8.08. The topological polar surface area (TPSA) is 75.2 Å². The lowest BCUT2D eigenvalue weighted by molar-refractivity contribution is 0.601. The van der Waals surface area contributed by atoms with Crippen molar-refractivity contribution in [2.75, 3.05) is 16.7 Å². The highest BCUT2D eigenvalue weighted by molar-refractivity contribution is 7.92. The minimum atomic E-state index is -3.69. The van der Waals surface area contributed by atoms with Crippen molar-refractivity contribution in [1.82, 2.24) is 10.2 Å². The van der Waals surface area contributed by atoms with Gasteiger partial charge in [0.15, 0.2) is 11.6 Å². The quantitative estimate of drug-likeness (QED) is 0.760. The summed E-state index contributed by atoms with van der Waals surface area (Å²) in [6.07, 6.45) is 0. The first kappa shape index (κ1) is 16.9. The molecule has 0 bridgehead atoms. The number of rotatable bonds is 5. The van der Waals surface area contributed by atoms with E-state index in [0.717, 1.165) is 11.3 Å². The van der Waals surface area contributed by atoms with Gasteiger partial charge < -0.3 is 4.90 Å². The molecule has 0 spiro atoms. The number of aromatic nitrogens is 2. The maximum Gasteiger partial charge on any atom is 0.263 e. The van der Waals surface area contributed by atoms with Crippen LogP contribution < -0.4 is 9.62 Å². The van der Waals surface area contributed by atoms with Gasteiger partial charge in [0, 0.05) is 12.7 Å². The number of nitrogens with one attached hydrogen (secondary N) is 1. The molecule has 0 amide bonds.